The van der Waals surface area contributed by atoms with Gasteiger partial charge in [-0.1, -0.05) is 0 Å². The van der Waals surface area contributed by atoms with Crippen molar-refractivity contribution >= 4 is 4.59 Å². The molecular formula is C5H9CuN3O3. The van der Waals surface area contributed by atoms with Gasteiger partial charge in [0.1, 0.15) is 0 Å². The van der Waals surface area contributed by atoms with Crippen molar-refractivity contribution in [3.8, 4) is 0 Å². The predicted molar refractivity (Wildman–Crippen MR) is 34.8 cm³/mol. The SMILES string of the molecule is OC(O)(O)C[CH2][Cu][c]1c[nH]nn1. The zero-order chi connectivity index (χ0) is 9.03. The predicted octanol–water partition coefficient (Wildman–Crippen LogP) is -2.05. The fourth-order valence-electron chi connectivity index (χ4n) is 0.447. The van der Waals surface area contributed by atoms with Gasteiger partial charge in [0, 0.05) is 0 Å². The number of H-pyrrole nitrogens is 1. The molecule has 6 nitrogen and oxygen atoms in total. The van der Waals surface area contributed by atoms with Crippen LogP contribution in [0.5, 0.6) is 0 Å². The summed E-state index contributed by atoms with van der Waals surface area (Å²) in [4.78, 5) is 0. The summed E-state index contributed by atoms with van der Waals surface area (Å²) in [5.41, 5.74) is 0. The van der Waals surface area contributed by atoms with E-state index in [2.05, 4.69) is 15.4 Å². The Hall–Kier alpha value is -0.461. The summed E-state index contributed by atoms with van der Waals surface area (Å²) in [6.07, 6.45) is 1.44. The molecule has 0 bridgehead atoms. The summed E-state index contributed by atoms with van der Waals surface area (Å²) in [6, 6.07) is 0. The van der Waals surface area contributed by atoms with Gasteiger partial charge in [-0.05, 0) is 0 Å². The first-order chi connectivity index (χ1) is 5.58. The molecule has 4 N–H and O–H groups in total. The van der Waals surface area contributed by atoms with E-state index in [9.17, 15) is 0 Å². The van der Waals surface area contributed by atoms with Crippen molar-refractivity contribution in [1.82, 2.24) is 15.4 Å². The summed E-state index contributed by atoms with van der Waals surface area (Å²) in [5.74, 6) is -2.59. The first-order valence-corrected chi connectivity index (χ1v) is 4.25. The second kappa shape index (κ2) is 3.97. The molecule has 1 aromatic rings. The minimum absolute atomic E-state index is 0.139. The van der Waals surface area contributed by atoms with Crippen LogP contribution < -0.4 is 4.59 Å². The van der Waals surface area contributed by atoms with Crippen LogP contribution in [0.25, 0.3) is 0 Å². The number of nitrogens with one attached hydrogen (secondary N) is 1. The summed E-state index contributed by atoms with van der Waals surface area (Å²) in [5, 5.41) is 35.4. The van der Waals surface area contributed by atoms with Crippen LogP contribution in [0.15, 0.2) is 6.20 Å². The maximum atomic E-state index is 8.50. The Kier molecular flexibility index (Phi) is 3.19. The molecule has 0 saturated carbocycles. The molecule has 0 radical (unpaired) electrons. The second-order valence-electron chi connectivity index (χ2n) is 2.04. The Bertz CT molecular complexity index is 220. The Morgan fingerprint density at radius 1 is 1.50 bits per heavy atom. The molecule has 0 spiro atoms. The van der Waals surface area contributed by atoms with Gasteiger partial charge >= 0.3 is 74.2 Å². The maximum absolute atomic E-state index is 8.50. The first-order valence-electron chi connectivity index (χ1n) is 3.11. The van der Waals surface area contributed by atoms with Gasteiger partial charge in [0.25, 0.3) is 0 Å². The van der Waals surface area contributed by atoms with E-state index < -0.39 is 5.97 Å². The van der Waals surface area contributed by atoms with Crippen molar-refractivity contribution in [3.05, 3.63) is 6.20 Å². The van der Waals surface area contributed by atoms with E-state index in [1.54, 1.807) is 6.20 Å². The van der Waals surface area contributed by atoms with Gasteiger partial charge < -0.3 is 0 Å². The molecule has 0 atom stereocenters. The van der Waals surface area contributed by atoms with Crippen molar-refractivity contribution in [3.63, 3.8) is 0 Å². The van der Waals surface area contributed by atoms with Crippen LogP contribution >= 0.6 is 0 Å². The molecule has 1 rings (SSSR count). The summed E-state index contributed by atoms with van der Waals surface area (Å²) < 4.78 is 0.642. The molecule has 73 valence electrons. The Morgan fingerprint density at radius 2 is 2.25 bits per heavy atom. The van der Waals surface area contributed by atoms with Crippen LogP contribution in [0.4, 0.5) is 0 Å². The average molecular weight is 223 g/mol. The molecule has 0 fully saturated rings. The molecule has 0 saturated heterocycles. The molecule has 12 heavy (non-hydrogen) atoms. The third-order valence-corrected chi connectivity index (χ3v) is 2.01. The fraction of sp³-hybridized carbons (Fsp3) is 0.600. The van der Waals surface area contributed by atoms with E-state index in [4.69, 9.17) is 15.3 Å². The van der Waals surface area contributed by atoms with Gasteiger partial charge in [-0.15, -0.1) is 0 Å². The molecule has 0 aliphatic heterocycles. The first kappa shape index (κ1) is 9.63. The Morgan fingerprint density at radius 3 is 2.75 bits per heavy atom. The third kappa shape index (κ3) is 3.79. The van der Waals surface area contributed by atoms with E-state index in [1.165, 1.54) is 15.0 Å². The summed E-state index contributed by atoms with van der Waals surface area (Å²) >= 11 is 1.36. The Labute approximate surface area is 74.8 Å². The van der Waals surface area contributed by atoms with Crippen molar-refractivity contribution < 1.29 is 30.3 Å². The zero-order valence-electron chi connectivity index (χ0n) is 6.03. The number of aromatic amines is 1. The molecule has 0 aromatic carbocycles. The zero-order valence-corrected chi connectivity index (χ0v) is 6.97. The summed E-state index contributed by atoms with van der Waals surface area (Å²) in [7, 11) is 0. The van der Waals surface area contributed by atoms with E-state index in [-0.39, 0.29) is 6.42 Å². The fourth-order valence-corrected chi connectivity index (χ4v) is 1.39. The van der Waals surface area contributed by atoms with Crippen molar-refractivity contribution in [2.45, 2.75) is 17.7 Å². The minimum atomic E-state index is -2.59. The van der Waals surface area contributed by atoms with Crippen LogP contribution in [0, 0.1) is 0 Å². The average Bonchev–Trinajstić information content (AvgIpc) is 2.36. The van der Waals surface area contributed by atoms with E-state index in [1.807, 2.05) is 0 Å². The number of nitrogens with zero attached hydrogens (tertiary/aromatic N) is 2. The molecule has 1 aromatic heterocycles. The molecule has 7 heteroatoms. The van der Waals surface area contributed by atoms with Crippen molar-refractivity contribution in [2.24, 2.45) is 0 Å². The van der Waals surface area contributed by atoms with Crippen LogP contribution in [-0.4, -0.2) is 36.7 Å². The van der Waals surface area contributed by atoms with Gasteiger partial charge in [0.2, 0.25) is 0 Å². The van der Waals surface area contributed by atoms with Crippen LogP contribution in [0.2, 0.25) is 5.32 Å². The van der Waals surface area contributed by atoms with Crippen molar-refractivity contribution in [1.29, 1.82) is 0 Å². The number of hydrogen-bond acceptors (Lipinski definition) is 5. The van der Waals surface area contributed by atoms with Gasteiger partial charge in [-0.2, -0.15) is 0 Å². The summed E-state index contributed by atoms with van der Waals surface area (Å²) in [6.45, 7) is 0. The van der Waals surface area contributed by atoms with Crippen LogP contribution in [-0.2, 0) is 15.0 Å². The molecule has 1 heterocycles. The van der Waals surface area contributed by atoms with Gasteiger partial charge in [-0.25, -0.2) is 0 Å². The van der Waals surface area contributed by atoms with Crippen LogP contribution in [0.3, 0.4) is 0 Å². The molecule has 0 amide bonds. The van der Waals surface area contributed by atoms with E-state index in [0.717, 1.165) is 0 Å². The molecular weight excluding hydrogens is 214 g/mol. The van der Waals surface area contributed by atoms with Gasteiger partial charge in [0.05, 0.1) is 0 Å². The normalized spacial score (nSPS) is 12.2. The second-order valence-corrected chi connectivity index (χ2v) is 3.32. The number of aliphatic hydroxyl groups is 3. The monoisotopic (exact) mass is 222 g/mol. The van der Waals surface area contributed by atoms with E-state index in [0.29, 0.717) is 9.91 Å². The number of aromatic nitrogens is 3. The van der Waals surface area contributed by atoms with Crippen LogP contribution in [0.1, 0.15) is 6.42 Å². The van der Waals surface area contributed by atoms with Crippen molar-refractivity contribution in [2.75, 3.05) is 0 Å². The number of rotatable bonds is 4. The molecule has 0 unspecified atom stereocenters. The quantitative estimate of drug-likeness (QED) is 0.347. The Balaban J connectivity index is 2.20. The third-order valence-electron chi connectivity index (χ3n) is 0.964. The topological polar surface area (TPSA) is 102 Å². The molecule has 0 aliphatic carbocycles. The van der Waals surface area contributed by atoms with Gasteiger partial charge in [0.15, 0.2) is 0 Å². The van der Waals surface area contributed by atoms with Gasteiger partial charge in [-0.3, -0.25) is 0 Å². The standard InChI is InChI=1S/C3H7O3.C2H2N3.Cu/c1-2-3(4,5)6;1-2-4-5-3-1;/h4-6H,1-2H2;1H,(H,3,4,5);. The molecule has 0 aliphatic rings. The number of hydrogen-bond donors (Lipinski definition) is 4. The van der Waals surface area contributed by atoms with E-state index >= 15 is 0 Å².